The van der Waals surface area contributed by atoms with Crippen LogP contribution in [0.2, 0.25) is 0 Å². The van der Waals surface area contributed by atoms with E-state index < -0.39 is 12.2 Å². The highest BCUT2D eigenvalue weighted by Crippen LogP contribution is 2.34. The predicted octanol–water partition coefficient (Wildman–Crippen LogP) is 5.44. The number of carbonyl (C=O) groups is 2. The van der Waals surface area contributed by atoms with E-state index in [-0.39, 0.29) is 34.3 Å². The van der Waals surface area contributed by atoms with Crippen LogP contribution in [0.5, 0.6) is 0 Å². The fourth-order valence-corrected chi connectivity index (χ4v) is 10.9. The fraction of sp³-hybridized carbons (Fsp3) is 0.462. The molecule has 2 fully saturated rings. The number of hydrogen-bond donors (Lipinski definition) is 2. The van der Waals surface area contributed by atoms with Gasteiger partial charge in [-0.3, -0.25) is 0 Å². The first-order chi connectivity index (χ1) is 19.0. The highest BCUT2D eigenvalue weighted by atomic mass is 32.2. The van der Waals surface area contributed by atoms with Gasteiger partial charge in [-0.2, -0.15) is 0 Å². The van der Waals surface area contributed by atoms with Gasteiger partial charge in [-0.15, -0.1) is 70.6 Å². The summed E-state index contributed by atoms with van der Waals surface area (Å²) < 4.78 is 10.2. The third-order valence-electron chi connectivity index (χ3n) is 5.23. The number of thioether (sulfide) groups is 6. The second-order valence-electron chi connectivity index (χ2n) is 8.38. The van der Waals surface area contributed by atoms with Crippen molar-refractivity contribution in [2.24, 2.45) is 0 Å². The number of carbonyl (C=O) groups excluding carboxylic acids is 2. The van der Waals surface area contributed by atoms with E-state index in [0.29, 0.717) is 11.5 Å². The van der Waals surface area contributed by atoms with E-state index in [9.17, 15) is 19.8 Å². The van der Waals surface area contributed by atoms with Crippen LogP contribution in [-0.2, 0) is 19.1 Å². The van der Waals surface area contributed by atoms with E-state index in [1.165, 1.54) is 23.5 Å². The molecule has 2 heterocycles. The lowest BCUT2D eigenvalue weighted by atomic mass is 10.4. The molecule has 2 unspecified atom stereocenters. The minimum absolute atomic E-state index is 0.0248. The number of aliphatic hydroxyl groups excluding tert-OH is 2. The lowest BCUT2D eigenvalue weighted by Gasteiger charge is -2.13. The summed E-state index contributed by atoms with van der Waals surface area (Å²) in [6.45, 7) is 0.0496. The lowest BCUT2D eigenvalue weighted by molar-refractivity contribution is -0.144. The Labute approximate surface area is 259 Å². The normalized spacial score (nSPS) is 17.7. The van der Waals surface area contributed by atoms with Crippen LogP contribution in [0.4, 0.5) is 0 Å². The van der Waals surface area contributed by atoms with E-state index >= 15 is 0 Å². The quantitative estimate of drug-likeness (QED) is 0.199. The second kappa shape index (κ2) is 17.0. The van der Waals surface area contributed by atoms with Crippen LogP contribution in [0.15, 0.2) is 68.1 Å². The van der Waals surface area contributed by atoms with E-state index in [1.54, 1.807) is 58.8 Å². The molecule has 2 N–H and O–H groups in total. The SMILES string of the molecule is O=C(OCC(O)CSc1ccc(Sc2ccc(SCC(O)COC(=O)C3SCCS3)cc2)cc1)C1SCCS1. The van der Waals surface area contributed by atoms with Crippen LogP contribution in [0.3, 0.4) is 0 Å². The highest BCUT2D eigenvalue weighted by molar-refractivity contribution is 8.21. The Morgan fingerprint density at radius 3 is 1.36 bits per heavy atom. The van der Waals surface area contributed by atoms with Gasteiger partial charge in [-0.05, 0) is 48.5 Å². The third-order valence-corrected chi connectivity index (χ3v) is 14.5. The van der Waals surface area contributed by atoms with Gasteiger partial charge in [0, 0.05) is 54.1 Å². The Morgan fingerprint density at radius 2 is 1.00 bits per heavy atom. The summed E-state index contributed by atoms with van der Waals surface area (Å²) >= 11 is 11.1. The van der Waals surface area contributed by atoms with Crippen LogP contribution in [-0.4, -0.2) is 91.3 Å². The molecule has 0 amide bonds. The molecule has 4 rings (SSSR count). The van der Waals surface area contributed by atoms with Crippen molar-refractivity contribution in [3.05, 3.63) is 48.5 Å². The number of hydrogen-bond acceptors (Lipinski definition) is 13. The number of aliphatic hydroxyl groups is 2. The summed E-state index contributed by atoms with van der Waals surface area (Å²) in [6, 6.07) is 16.3. The first-order valence-electron chi connectivity index (χ1n) is 12.3. The maximum Gasteiger partial charge on any atom is 0.329 e. The Morgan fingerprint density at radius 1 is 0.667 bits per heavy atom. The first-order valence-corrected chi connectivity index (χ1v) is 19.2. The molecule has 2 aliphatic heterocycles. The Kier molecular flexibility index (Phi) is 13.8. The van der Waals surface area contributed by atoms with Crippen molar-refractivity contribution >= 4 is 94.3 Å². The van der Waals surface area contributed by atoms with Gasteiger partial charge in [0.05, 0.1) is 12.2 Å². The Hall–Kier alpha value is -0.250. The fourth-order valence-electron chi connectivity index (χ4n) is 3.31. The second-order valence-corrected chi connectivity index (χ2v) is 17.2. The van der Waals surface area contributed by atoms with Gasteiger partial charge in [0.25, 0.3) is 0 Å². The highest BCUT2D eigenvalue weighted by Gasteiger charge is 2.27. The van der Waals surface area contributed by atoms with Crippen molar-refractivity contribution < 1.29 is 29.3 Å². The van der Waals surface area contributed by atoms with Crippen molar-refractivity contribution in [1.29, 1.82) is 0 Å². The zero-order chi connectivity index (χ0) is 27.5. The summed E-state index contributed by atoms with van der Waals surface area (Å²) in [5.41, 5.74) is 0. The number of benzene rings is 2. The standard InChI is InChI=1S/C26H30O6S7/c27-17(13-31-23(29)25-33-9-10-34-25)15-37-19-1-5-21(6-2-19)39-22-7-3-20(4-8-22)38-16-18(28)14-32-24(30)26-35-11-12-36-26/h1-8,17-18,25-28H,9-16H2. The van der Waals surface area contributed by atoms with Crippen molar-refractivity contribution in [3.8, 4) is 0 Å². The zero-order valence-electron chi connectivity index (χ0n) is 21.0. The van der Waals surface area contributed by atoms with Gasteiger partial charge in [-0.25, -0.2) is 9.59 Å². The summed E-state index contributed by atoms with van der Waals surface area (Å²) in [5, 5.41) is 20.4. The molecule has 0 aliphatic carbocycles. The van der Waals surface area contributed by atoms with Crippen LogP contribution >= 0.6 is 82.3 Å². The molecular formula is C26H30O6S7. The lowest BCUT2D eigenvalue weighted by Crippen LogP contribution is -2.24. The molecule has 13 heteroatoms. The van der Waals surface area contributed by atoms with E-state index in [1.807, 2.05) is 24.3 Å². The van der Waals surface area contributed by atoms with Gasteiger partial charge in [0.1, 0.15) is 22.4 Å². The van der Waals surface area contributed by atoms with Crippen molar-refractivity contribution in [2.45, 2.75) is 41.0 Å². The van der Waals surface area contributed by atoms with Gasteiger partial charge in [0.2, 0.25) is 0 Å². The van der Waals surface area contributed by atoms with Crippen LogP contribution < -0.4 is 0 Å². The molecule has 2 aromatic rings. The molecule has 2 aliphatic rings. The summed E-state index contributed by atoms with van der Waals surface area (Å²) in [7, 11) is 0. The maximum atomic E-state index is 12.0. The van der Waals surface area contributed by atoms with Crippen molar-refractivity contribution in [1.82, 2.24) is 0 Å². The molecule has 0 spiro atoms. The molecule has 0 saturated carbocycles. The minimum atomic E-state index is -0.702. The summed E-state index contributed by atoms with van der Waals surface area (Å²) in [4.78, 5) is 28.2. The molecule has 2 atom stereocenters. The average molecular weight is 663 g/mol. The molecule has 0 radical (unpaired) electrons. The van der Waals surface area contributed by atoms with Gasteiger partial charge in [-0.1, -0.05) is 11.8 Å². The van der Waals surface area contributed by atoms with Crippen LogP contribution in [0.1, 0.15) is 0 Å². The zero-order valence-corrected chi connectivity index (χ0v) is 26.7. The Balaban J connectivity index is 1.12. The first kappa shape index (κ1) is 31.7. The number of rotatable bonds is 14. The molecule has 6 nitrogen and oxygen atoms in total. The van der Waals surface area contributed by atoms with Crippen molar-refractivity contribution in [2.75, 3.05) is 47.7 Å². The maximum absolute atomic E-state index is 12.0. The van der Waals surface area contributed by atoms with E-state index in [4.69, 9.17) is 9.47 Å². The molecular weight excluding hydrogens is 633 g/mol. The van der Waals surface area contributed by atoms with Crippen LogP contribution in [0.25, 0.3) is 0 Å². The van der Waals surface area contributed by atoms with Gasteiger partial charge < -0.3 is 19.7 Å². The monoisotopic (exact) mass is 662 g/mol. The Bertz CT molecular complexity index is 960. The smallest absolute Gasteiger partial charge is 0.329 e. The summed E-state index contributed by atoms with van der Waals surface area (Å²) in [6.07, 6.45) is -1.40. The average Bonchev–Trinajstić information content (AvgIpc) is 3.69. The van der Waals surface area contributed by atoms with E-state index in [2.05, 4.69) is 24.3 Å². The molecule has 212 valence electrons. The molecule has 2 saturated heterocycles. The third kappa shape index (κ3) is 11.2. The van der Waals surface area contributed by atoms with Gasteiger partial charge in [0.15, 0.2) is 0 Å². The summed E-state index contributed by atoms with van der Waals surface area (Å²) in [5.74, 6) is 4.29. The molecule has 0 aromatic heterocycles. The van der Waals surface area contributed by atoms with Gasteiger partial charge >= 0.3 is 11.9 Å². The minimum Gasteiger partial charge on any atom is -0.461 e. The van der Waals surface area contributed by atoms with Crippen molar-refractivity contribution in [3.63, 3.8) is 0 Å². The largest absolute Gasteiger partial charge is 0.461 e. The number of esters is 2. The molecule has 39 heavy (non-hydrogen) atoms. The predicted molar refractivity (Wildman–Crippen MR) is 170 cm³/mol. The topological polar surface area (TPSA) is 93.1 Å². The molecule has 0 bridgehead atoms. The molecule has 2 aromatic carbocycles. The number of ether oxygens (including phenoxy) is 2. The van der Waals surface area contributed by atoms with E-state index in [0.717, 1.165) is 42.6 Å². The van der Waals surface area contributed by atoms with Crippen LogP contribution in [0, 0.1) is 0 Å².